The summed E-state index contributed by atoms with van der Waals surface area (Å²) in [6.07, 6.45) is 3.17. The van der Waals surface area contributed by atoms with Crippen LogP contribution in [0.25, 0.3) is 5.32 Å². The fourth-order valence-corrected chi connectivity index (χ4v) is 2.94. The summed E-state index contributed by atoms with van der Waals surface area (Å²) in [5, 5.41) is 4.37. The van der Waals surface area contributed by atoms with Crippen molar-refractivity contribution < 1.29 is 56.2 Å². The Morgan fingerprint density at radius 3 is 2.63 bits per heavy atom. The van der Waals surface area contributed by atoms with Crippen molar-refractivity contribution in [1.82, 2.24) is 0 Å². The zero-order valence-corrected chi connectivity index (χ0v) is 15.5. The van der Waals surface area contributed by atoms with Crippen molar-refractivity contribution in [3.05, 3.63) is 40.7 Å². The van der Waals surface area contributed by atoms with Gasteiger partial charge in [-0.3, -0.25) is 4.79 Å². The zero-order chi connectivity index (χ0) is 13.0. The van der Waals surface area contributed by atoms with Crippen LogP contribution in [0, 0.1) is 11.8 Å². The van der Waals surface area contributed by atoms with E-state index in [1.54, 1.807) is 0 Å². The smallest absolute Gasteiger partial charge is 0.662 e. The molecule has 98 valence electrons. The Balaban J connectivity index is 0.000000576. The number of ketones is 1. The number of hydrogen-bond acceptors (Lipinski definition) is 1. The normalized spacial score (nSPS) is 24.2. The van der Waals surface area contributed by atoms with Crippen molar-refractivity contribution >= 4 is 5.78 Å². The van der Waals surface area contributed by atoms with Gasteiger partial charge in [-0.05, 0) is 18.4 Å². The summed E-state index contributed by atoms with van der Waals surface area (Å²) < 4.78 is 0. The van der Waals surface area contributed by atoms with E-state index < -0.39 is 0 Å². The number of Topliss-reactive ketones (excluding diaryl/α,β-unsaturated/α-hetero) is 1. The molecule has 1 saturated heterocycles. The second-order valence-electron chi connectivity index (χ2n) is 4.94. The molecule has 3 heteroatoms. The number of hydrogen-bond donors (Lipinski definition) is 0. The third kappa shape index (κ3) is 4.22. The number of fused-ring (bicyclic) bond motifs is 1. The summed E-state index contributed by atoms with van der Waals surface area (Å²) >= 11 is 0. The first kappa shape index (κ1) is 17.5. The average Bonchev–Trinajstić information content (AvgIpc) is 3.03. The Morgan fingerprint density at radius 2 is 2.00 bits per heavy atom. The molecule has 0 saturated carbocycles. The van der Waals surface area contributed by atoms with E-state index in [2.05, 4.69) is 11.4 Å². The van der Waals surface area contributed by atoms with Crippen molar-refractivity contribution in [2.45, 2.75) is 33.1 Å². The maximum atomic E-state index is 12.2. The van der Waals surface area contributed by atoms with Crippen molar-refractivity contribution in [1.29, 1.82) is 0 Å². The van der Waals surface area contributed by atoms with Gasteiger partial charge < -0.3 is 5.32 Å². The van der Waals surface area contributed by atoms with E-state index in [0.29, 0.717) is 11.7 Å². The number of benzene rings is 1. The molecule has 0 spiro atoms. The van der Waals surface area contributed by atoms with Crippen LogP contribution < -0.4 is 51.4 Å². The van der Waals surface area contributed by atoms with Crippen LogP contribution in [0.2, 0.25) is 0 Å². The minimum atomic E-state index is 0. The second-order valence-corrected chi connectivity index (χ2v) is 4.94. The van der Waals surface area contributed by atoms with Crippen LogP contribution in [-0.4, -0.2) is 18.9 Å². The molecule has 3 rings (SSSR count). The molecular formula is C16H22KNO. The third-order valence-electron chi connectivity index (χ3n) is 3.82. The largest absolute Gasteiger partial charge is 1.00 e. The first-order valence-corrected chi connectivity index (χ1v) is 7.10. The van der Waals surface area contributed by atoms with E-state index in [4.69, 9.17) is 0 Å². The molecule has 1 aliphatic carbocycles. The molecule has 2 atom stereocenters. The molecular weight excluding hydrogens is 261 g/mol. The number of carbonyl (C=O) groups is 1. The van der Waals surface area contributed by atoms with Crippen LogP contribution in [-0.2, 0) is 6.42 Å². The van der Waals surface area contributed by atoms with Gasteiger partial charge in [-0.1, -0.05) is 50.5 Å². The summed E-state index contributed by atoms with van der Waals surface area (Å²) in [7, 11) is 0. The van der Waals surface area contributed by atoms with E-state index in [1.807, 2.05) is 32.0 Å². The molecule has 1 fully saturated rings. The summed E-state index contributed by atoms with van der Waals surface area (Å²) in [6, 6.07) is 8.05. The molecule has 1 aliphatic heterocycles. The SMILES string of the molecule is CC.O=C1c2ccccc2CC1CC1CC[N-]C1.[K+]. The van der Waals surface area contributed by atoms with E-state index >= 15 is 0 Å². The molecule has 1 heterocycles. The van der Waals surface area contributed by atoms with Gasteiger partial charge in [0, 0.05) is 11.5 Å². The van der Waals surface area contributed by atoms with Crippen LogP contribution in [0.15, 0.2) is 24.3 Å². The van der Waals surface area contributed by atoms with Crippen molar-refractivity contribution in [3.8, 4) is 0 Å². The maximum Gasteiger partial charge on any atom is 1.00 e. The molecule has 0 radical (unpaired) electrons. The molecule has 0 amide bonds. The maximum absolute atomic E-state index is 12.2. The van der Waals surface area contributed by atoms with Gasteiger partial charge in [0.05, 0.1) is 0 Å². The molecule has 0 bridgehead atoms. The standard InChI is InChI=1S/C14H16NO.C2H6.K/c16-14-12(7-10-5-6-15-9-10)8-11-3-1-2-4-13(11)14;1-2;/h1-4,10,12H,5-9H2;1-2H3;/q-1;;+1. The number of carbonyl (C=O) groups excluding carboxylic acids is 1. The predicted molar refractivity (Wildman–Crippen MR) is 75.1 cm³/mol. The summed E-state index contributed by atoms with van der Waals surface area (Å²) in [5.41, 5.74) is 2.20. The summed E-state index contributed by atoms with van der Waals surface area (Å²) in [4.78, 5) is 12.2. The fraction of sp³-hybridized carbons (Fsp3) is 0.562. The number of nitrogens with zero attached hydrogens (tertiary/aromatic N) is 1. The Bertz CT molecular complexity index is 413. The van der Waals surface area contributed by atoms with Gasteiger partial charge >= 0.3 is 51.4 Å². The van der Waals surface area contributed by atoms with Gasteiger partial charge in [-0.15, -0.1) is 13.1 Å². The Labute approximate surface area is 159 Å². The monoisotopic (exact) mass is 283 g/mol. The minimum absolute atomic E-state index is 0. The fourth-order valence-electron chi connectivity index (χ4n) is 2.94. The van der Waals surface area contributed by atoms with Gasteiger partial charge in [-0.25, -0.2) is 0 Å². The molecule has 2 unspecified atom stereocenters. The quantitative estimate of drug-likeness (QED) is 0.741. The molecule has 0 aromatic heterocycles. The first-order valence-electron chi connectivity index (χ1n) is 7.10. The zero-order valence-electron chi connectivity index (χ0n) is 12.4. The van der Waals surface area contributed by atoms with E-state index in [1.165, 1.54) is 12.0 Å². The van der Waals surface area contributed by atoms with Crippen molar-refractivity contribution in [2.75, 3.05) is 13.1 Å². The van der Waals surface area contributed by atoms with Gasteiger partial charge in [0.2, 0.25) is 0 Å². The van der Waals surface area contributed by atoms with Gasteiger partial charge in [-0.2, -0.15) is 0 Å². The average molecular weight is 283 g/mol. The Morgan fingerprint density at radius 1 is 1.26 bits per heavy atom. The molecule has 1 aromatic carbocycles. The van der Waals surface area contributed by atoms with Crippen molar-refractivity contribution in [3.63, 3.8) is 0 Å². The Kier molecular flexibility index (Phi) is 8.03. The van der Waals surface area contributed by atoms with E-state index in [0.717, 1.165) is 31.5 Å². The van der Waals surface area contributed by atoms with Crippen LogP contribution in [0.4, 0.5) is 0 Å². The minimum Gasteiger partial charge on any atom is -0.662 e. The first-order chi connectivity index (χ1) is 8.84. The van der Waals surface area contributed by atoms with Crippen LogP contribution in [0.3, 0.4) is 0 Å². The third-order valence-corrected chi connectivity index (χ3v) is 3.82. The molecule has 19 heavy (non-hydrogen) atoms. The molecule has 2 nitrogen and oxygen atoms in total. The topological polar surface area (TPSA) is 31.2 Å². The molecule has 0 N–H and O–H groups in total. The van der Waals surface area contributed by atoms with Gasteiger partial charge in [0.25, 0.3) is 0 Å². The summed E-state index contributed by atoms with van der Waals surface area (Å²) in [5.74, 6) is 1.25. The van der Waals surface area contributed by atoms with Gasteiger partial charge in [0.1, 0.15) is 0 Å². The van der Waals surface area contributed by atoms with E-state index in [-0.39, 0.29) is 57.3 Å². The van der Waals surface area contributed by atoms with Crippen LogP contribution >= 0.6 is 0 Å². The van der Waals surface area contributed by atoms with E-state index in [9.17, 15) is 4.79 Å². The summed E-state index contributed by atoms with van der Waals surface area (Å²) in [6.45, 7) is 5.97. The van der Waals surface area contributed by atoms with Crippen LogP contribution in [0.5, 0.6) is 0 Å². The van der Waals surface area contributed by atoms with Crippen molar-refractivity contribution in [2.24, 2.45) is 11.8 Å². The second kappa shape index (κ2) is 8.70. The molecule has 1 aromatic rings. The van der Waals surface area contributed by atoms with Gasteiger partial charge in [0.15, 0.2) is 5.78 Å². The Hall–Kier alpha value is 0.486. The predicted octanol–water partition coefficient (Wildman–Crippen LogP) is 0.856. The van der Waals surface area contributed by atoms with Crippen LogP contribution in [0.1, 0.15) is 42.6 Å². The molecule has 2 aliphatic rings. The number of rotatable bonds is 2.